The number of nitrogens with two attached hydrogens (primary N) is 1. The lowest BCUT2D eigenvalue weighted by atomic mass is 9.87. The number of urea groups is 1. The first-order valence-corrected chi connectivity index (χ1v) is 12.3. The van der Waals surface area contributed by atoms with Crippen LogP contribution in [0.1, 0.15) is 42.3 Å². The predicted octanol–water partition coefficient (Wildman–Crippen LogP) is 2.44. The maximum atomic E-state index is 13.4. The molecule has 0 radical (unpaired) electrons. The third-order valence-electron chi connectivity index (χ3n) is 5.58. The third kappa shape index (κ3) is 5.66. The first-order chi connectivity index (χ1) is 15.0. The highest BCUT2D eigenvalue weighted by molar-refractivity contribution is 7.91. The molecule has 0 saturated carbocycles. The van der Waals surface area contributed by atoms with Crippen LogP contribution in [0.2, 0.25) is 0 Å². The van der Waals surface area contributed by atoms with Gasteiger partial charge >= 0.3 is 6.03 Å². The summed E-state index contributed by atoms with van der Waals surface area (Å²) in [5.41, 5.74) is 5.20. The van der Waals surface area contributed by atoms with Gasteiger partial charge in [0.1, 0.15) is 0 Å². The molecule has 3 N–H and O–H groups in total. The summed E-state index contributed by atoms with van der Waals surface area (Å²) in [5.74, 6) is 4.73. The van der Waals surface area contributed by atoms with Crippen LogP contribution in [0.25, 0.3) is 0 Å². The number of nitrogens with one attached hydrogen (secondary N) is 1. The summed E-state index contributed by atoms with van der Waals surface area (Å²) in [5, 5.41) is 0. The van der Waals surface area contributed by atoms with Gasteiger partial charge in [-0.2, -0.15) is 0 Å². The largest absolute Gasteiger partial charge is 0.324 e. The van der Waals surface area contributed by atoms with Gasteiger partial charge < -0.3 is 4.90 Å². The number of anilines is 1. The van der Waals surface area contributed by atoms with E-state index in [0.29, 0.717) is 5.56 Å². The molecule has 1 heterocycles. The molecule has 1 aliphatic rings. The van der Waals surface area contributed by atoms with Crippen molar-refractivity contribution in [2.75, 3.05) is 29.5 Å². The van der Waals surface area contributed by atoms with E-state index in [4.69, 9.17) is 5.84 Å². The standard InChI is InChI=1S/C23H30N4O4S/c1-23(2,3)19-8-10-20(11-9-19)27(22(29)26-12-14-32(30,31)15-13-26)16-17-4-6-18(7-5-17)21(28)25-24/h4-11H,12-16,24H2,1-3H3,(H,25,28). The van der Waals surface area contributed by atoms with Crippen molar-refractivity contribution in [1.82, 2.24) is 10.3 Å². The van der Waals surface area contributed by atoms with E-state index in [1.54, 1.807) is 34.1 Å². The minimum atomic E-state index is -3.10. The molecule has 9 heteroatoms. The Labute approximate surface area is 189 Å². The first kappa shape index (κ1) is 23.7. The topological polar surface area (TPSA) is 113 Å². The number of nitrogens with zero attached hydrogens (tertiary/aromatic N) is 2. The van der Waals surface area contributed by atoms with Crippen LogP contribution >= 0.6 is 0 Å². The summed E-state index contributed by atoms with van der Waals surface area (Å²) in [6.07, 6.45) is 0. The Morgan fingerprint density at radius 3 is 2.06 bits per heavy atom. The highest BCUT2D eigenvalue weighted by Gasteiger charge is 2.29. The molecule has 0 bridgehead atoms. The summed E-state index contributed by atoms with van der Waals surface area (Å²) in [6.45, 7) is 7.00. The lowest BCUT2D eigenvalue weighted by Crippen LogP contribution is -2.49. The van der Waals surface area contributed by atoms with Crippen LogP contribution in [0, 0.1) is 0 Å². The van der Waals surface area contributed by atoms with E-state index in [9.17, 15) is 18.0 Å². The van der Waals surface area contributed by atoms with Crippen molar-refractivity contribution in [1.29, 1.82) is 0 Å². The Morgan fingerprint density at radius 1 is 1.00 bits per heavy atom. The fourth-order valence-corrected chi connectivity index (χ4v) is 4.71. The van der Waals surface area contributed by atoms with Gasteiger partial charge in [-0.15, -0.1) is 0 Å². The molecule has 0 spiro atoms. The lowest BCUT2D eigenvalue weighted by molar-refractivity contribution is 0.0953. The minimum Gasteiger partial charge on any atom is -0.322 e. The van der Waals surface area contributed by atoms with Crippen molar-refractivity contribution in [2.45, 2.75) is 32.7 Å². The number of rotatable bonds is 4. The van der Waals surface area contributed by atoms with E-state index in [2.05, 4.69) is 26.2 Å². The Bertz CT molecular complexity index is 1060. The Kier molecular flexibility index (Phi) is 6.90. The highest BCUT2D eigenvalue weighted by Crippen LogP contribution is 2.27. The van der Waals surface area contributed by atoms with Crippen molar-refractivity contribution in [3.05, 3.63) is 65.2 Å². The summed E-state index contributed by atoms with van der Waals surface area (Å²) in [6, 6.07) is 14.4. The van der Waals surface area contributed by atoms with Gasteiger partial charge in [0, 0.05) is 24.3 Å². The van der Waals surface area contributed by atoms with Crippen LogP contribution in [0.15, 0.2) is 48.5 Å². The zero-order valence-electron chi connectivity index (χ0n) is 18.7. The van der Waals surface area contributed by atoms with E-state index >= 15 is 0 Å². The average molecular weight is 459 g/mol. The molecule has 32 heavy (non-hydrogen) atoms. The number of amides is 3. The summed E-state index contributed by atoms with van der Waals surface area (Å²) < 4.78 is 23.6. The minimum absolute atomic E-state index is 0.0198. The van der Waals surface area contributed by atoms with Gasteiger partial charge in [0.15, 0.2) is 9.84 Å². The van der Waals surface area contributed by atoms with E-state index in [0.717, 1.165) is 16.8 Å². The molecule has 2 aromatic rings. The van der Waals surface area contributed by atoms with Gasteiger partial charge in [0.2, 0.25) is 0 Å². The molecule has 172 valence electrons. The van der Waals surface area contributed by atoms with E-state index < -0.39 is 15.7 Å². The van der Waals surface area contributed by atoms with Crippen molar-refractivity contribution in [3.8, 4) is 0 Å². The molecule has 3 amide bonds. The normalized spacial score (nSPS) is 15.8. The molecule has 1 fully saturated rings. The second-order valence-corrected chi connectivity index (χ2v) is 11.3. The number of carbonyl (C=O) groups excluding carboxylic acids is 2. The van der Waals surface area contributed by atoms with Gasteiger partial charge in [0.05, 0.1) is 18.1 Å². The molecule has 2 aromatic carbocycles. The van der Waals surface area contributed by atoms with Gasteiger partial charge in [-0.1, -0.05) is 45.0 Å². The van der Waals surface area contributed by atoms with Gasteiger partial charge in [-0.25, -0.2) is 19.1 Å². The van der Waals surface area contributed by atoms with Gasteiger partial charge in [-0.3, -0.25) is 15.1 Å². The number of hydrogen-bond donors (Lipinski definition) is 2. The van der Waals surface area contributed by atoms with Crippen molar-refractivity contribution in [2.24, 2.45) is 5.84 Å². The smallest absolute Gasteiger partial charge is 0.322 e. The summed E-state index contributed by atoms with van der Waals surface area (Å²) >= 11 is 0. The second kappa shape index (κ2) is 9.30. The predicted molar refractivity (Wildman–Crippen MR) is 125 cm³/mol. The molecule has 0 unspecified atom stereocenters. The number of hydrazine groups is 1. The summed E-state index contributed by atoms with van der Waals surface area (Å²) in [4.78, 5) is 28.3. The lowest BCUT2D eigenvalue weighted by Gasteiger charge is -2.33. The fourth-order valence-electron chi connectivity index (χ4n) is 3.51. The van der Waals surface area contributed by atoms with Crippen LogP contribution < -0.4 is 16.2 Å². The van der Waals surface area contributed by atoms with Crippen LogP contribution in [0.4, 0.5) is 10.5 Å². The zero-order valence-corrected chi connectivity index (χ0v) is 19.5. The quantitative estimate of drug-likeness (QED) is 0.415. The van der Waals surface area contributed by atoms with Crippen LogP contribution in [-0.4, -0.2) is 49.9 Å². The van der Waals surface area contributed by atoms with E-state index in [1.165, 1.54) is 0 Å². The molecular formula is C23H30N4O4S. The maximum absolute atomic E-state index is 13.4. The zero-order chi connectivity index (χ0) is 23.5. The molecule has 0 atom stereocenters. The maximum Gasteiger partial charge on any atom is 0.324 e. The third-order valence-corrected chi connectivity index (χ3v) is 7.19. The Balaban J connectivity index is 1.88. The molecule has 0 aliphatic carbocycles. The SMILES string of the molecule is CC(C)(C)c1ccc(N(Cc2ccc(C(=O)NN)cc2)C(=O)N2CCS(=O)(=O)CC2)cc1. The second-order valence-electron chi connectivity index (χ2n) is 8.97. The number of nitrogen functional groups attached to an aromatic ring is 1. The first-order valence-electron chi connectivity index (χ1n) is 10.5. The summed E-state index contributed by atoms with van der Waals surface area (Å²) in [7, 11) is -3.10. The van der Waals surface area contributed by atoms with E-state index in [-0.39, 0.29) is 42.6 Å². The molecule has 1 saturated heterocycles. The van der Waals surface area contributed by atoms with Crippen LogP contribution in [-0.2, 0) is 21.8 Å². The highest BCUT2D eigenvalue weighted by atomic mass is 32.2. The number of benzene rings is 2. The average Bonchev–Trinajstić information content (AvgIpc) is 2.76. The van der Waals surface area contributed by atoms with E-state index in [1.807, 2.05) is 24.3 Å². The monoisotopic (exact) mass is 458 g/mol. The van der Waals surface area contributed by atoms with Gasteiger partial charge in [0.25, 0.3) is 5.91 Å². The fraction of sp³-hybridized carbons (Fsp3) is 0.391. The molecule has 1 aliphatic heterocycles. The van der Waals surface area contributed by atoms with Crippen LogP contribution in [0.5, 0.6) is 0 Å². The van der Waals surface area contributed by atoms with Crippen LogP contribution in [0.3, 0.4) is 0 Å². The number of hydrogen-bond acceptors (Lipinski definition) is 5. The van der Waals surface area contributed by atoms with Crippen molar-refractivity contribution >= 4 is 27.5 Å². The molecule has 8 nitrogen and oxygen atoms in total. The van der Waals surface area contributed by atoms with Crippen molar-refractivity contribution < 1.29 is 18.0 Å². The molecular weight excluding hydrogens is 428 g/mol. The molecule has 3 rings (SSSR count). The van der Waals surface area contributed by atoms with Crippen molar-refractivity contribution in [3.63, 3.8) is 0 Å². The van der Waals surface area contributed by atoms with Gasteiger partial charge in [-0.05, 0) is 40.8 Å². The Hall–Kier alpha value is -2.91. The molecule has 0 aromatic heterocycles. The number of carbonyl (C=O) groups is 2. The Morgan fingerprint density at radius 2 is 1.56 bits per heavy atom. The number of sulfone groups is 1.